The third-order valence-electron chi connectivity index (χ3n) is 8.64. The number of halogens is 1. The van der Waals surface area contributed by atoms with E-state index in [9.17, 15) is 28.4 Å². The first kappa shape index (κ1) is 34.1. The Morgan fingerprint density at radius 1 is 1.17 bits per heavy atom. The number of hydrogen-bond donors (Lipinski definition) is 2. The number of hydrogen-bond acceptors (Lipinski definition) is 9. The van der Waals surface area contributed by atoms with Crippen LogP contribution in [0.15, 0.2) is 30.4 Å². The van der Waals surface area contributed by atoms with Crippen LogP contribution in [-0.2, 0) is 46.4 Å². The highest BCUT2D eigenvalue weighted by Gasteiger charge is 2.62. The Hall–Kier alpha value is -4.20. The predicted molar refractivity (Wildman–Crippen MR) is 164 cm³/mol. The molecule has 4 aliphatic rings. The molecule has 0 aromatic heterocycles. The second-order valence-corrected chi connectivity index (χ2v) is 13.3. The van der Waals surface area contributed by atoms with E-state index < -0.39 is 65.1 Å². The van der Waals surface area contributed by atoms with E-state index in [0.717, 1.165) is 0 Å². The molecule has 256 valence electrons. The van der Waals surface area contributed by atoms with E-state index in [-0.39, 0.29) is 51.6 Å². The first-order valence-corrected chi connectivity index (χ1v) is 16.1. The molecule has 4 amide bonds. The molecule has 0 radical (unpaired) electrons. The molecule has 0 bridgehead atoms. The average Bonchev–Trinajstić information content (AvgIpc) is 3.31. The second kappa shape index (κ2) is 13.9. The Bertz CT molecular complexity index is 1430. The number of amides is 4. The summed E-state index contributed by atoms with van der Waals surface area (Å²) in [6.45, 7) is 7.38. The minimum absolute atomic E-state index is 0.0268. The smallest absolute Gasteiger partial charge is 0.410 e. The first-order chi connectivity index (χ1) is 22.3. The second-order valence-electron chi connectivity index (χ2n) is 13.3. The summed E-state index contributed by atoms with van der Waals surface area (Å²) in [5.41, 5.74) is -1.04. The molecule has 13 nitrogen and oxygen atoms in total. The minimum atomic E-state index is -1.30. The van der Waals surface area contributed by atoms with Gasteiger partial charge in [0.1, 0.15) is 35.1 Å². The van der Waals surface area contributed by atoms with Crippen LogP contribution in [0.25, 0.3) is 0 Å². The number of nitrogens with zero attached hydrogens (tertiary/aromatic N) is 2. The van der Waals surface area contributed by atoms with Crippen LogP contribution in [0.1, 0.15) is 64.5 Å². The highest BCUT2D eigenvalue weighted by molar-refractivity contribution is 5.96. The van der Waals surface area contributed by atoms with Crippen LogP contribution >= 0.6 is 0 Å². The molecule has 5 atom stereocenters. The fourth-order valence-corrected chi connectivity index (χ4v) is 6.24. The molecule has 5 rings (SSSR count). The lowest BCUT2D eigenvalue weighted by molar-refractivity contribution is -0.150. The molecule has 3 heterocycles. The third kappa shape index (κ3) is 7.86. The highest BCUT2D eigenvalue weighted by atomic mass is 19.1. The van der Waals surface area contributed by atoms with E-state index in [2.05, 4.69) is 10.6 Å². The van der Waals surface area contributed by atoms with Crippen molar-refractivity contribution in [3.05, 3.63) is 47.3 Å². The summed E-state index contributed by atoms with van der Waals surface area (Å²) in [5, 5.41) is 5.47. The normalized spacial score (nSPS) is 28.4. The van der Waals surface area contributed by atoms with Crippen molar-refractivity contribution in [1.29, 1.82) is 0 Å². The molecule has 47 heavy (non-hydrogen) atoms. The van der Waals surface area contributed by atoms with Crippen molar-refractivity contribution in [3.63, 3.8) is 0 Å². The SMILES string of the molecule is CCOC(=O)[C@@]12C[C@H]1/C=C\CCOCC[C@H](NC(=O)OC(C)(C)C)C(=O)N1C[C@H](OC(=O)N3Cc4cccc(F)c4C3)C[C@H]1C(=O)N2. The molecule has 1 aromatic carbocycles. The number of esters is 1. The van der Waals surface area contributed by atoms with Gasteiger partial charge in [0.2, 0.25) is 11.8 Å². The summed E-state index contributed by atoms with van der Waals surface area (Å²) in [6, 6.07) is 2.38. The van der Waals surface area contributed by atoms with Crippen molar-refractivity contribution in [3.8, 4) is 0 Å². The van der Waals surface area contributed by atoms with Crippen LogP contribution in [-0.4, -0.2) is 95.5 Å². The van der Waals surface area contributed by atoms with Crippen LogP contribution in [0.5, 0.6) is 0 Å². The van der Waals surface area contributed by atoms with Gasteiger partial charge in [0.05, 0.1) is 26.3 Å². The number of nitrogens with one attached hydrogen (secondary N) is 2. The molecule has 1 saturated carbocycles. The van der Waals surface area contributed by atoms with Gasteiger partial charge in [-0.15, -0.1) is 0 Å². The van der Waals surface area contributed by atoms with Gasteiger partial charge in [-0.1, -0.05) is 24.3 Å². The van der Waals surface area contributed by atoms with E-state index in [1.165, 1.54) is 15.9 Å². The van der Waals surface area contributed by atoms with Gasteiger partial charge in [-0.25, -0.2) is 18.8 Å². The molecule has 2 N–H and O–H groups in total. The lowest BCUT2D eigenvalue weighted by atomic mass is 10.1. The summed E-state index contributed by atoms with van der Waals surface area (Å²) in [6.07, 6.45) is 2.18. The van der Waals surface area contributed by atoms with Gasteiger partial charge in [0, 0.05) is 37.5 Å². The van der Waals surface area contributed by atoms with Crippen molar-refractivity contribution >= 4 is 30.0 Å². The van der Waals surface area contributed by atoms with Gasteiger partial charge in [0.25, 0.3) is 0 Å². The number of carbonyl (C=O) groups excluding carboxylic acids is 5. The lowest BCUT2D eigenvalue weighted by Crippen LogP contribution is -2.57. The zero-order valence-corrected chi connectivity index (χ0v) is 27.2. The molecule has 0 spiro atoms. The summed E-state index contributed by atoms with van der Waals surface area (Å²) in [4.78, 5) is 69.8. The number of ether oxygens (including phenoxy) is 4. The van der Waals surface area contributed by atoms with Gasteiger partial charge < -0.3 is 34.5 Å². The number of benzene rings is 1. The lowest BCUT2D eigenvalue weighted by Gasteiger charge is -2.30. The number of rotatable bonds is 4. The Labute approximate surface area is 273 Å². The molecule has 1 aliphatic carbocycles. The first-order valence-electron chi connectivity index (χ1n) is 16.1. The summed E-state index contributed by atoms with van der Waals surface area (Å²) in [5.74, 6) is -2.51. The maximum Gasteiger partial charge on any atom is 0.410 e. The Morgan fingerprint density at radius 2 is 1.96 bits per heavy atom. The van der Waals surface area contributed by atoms with Crippen LogP contribution < -0.4 is 10.6 Å². The fourth-order valence-electron chi connectivity index (χ4n) is 6.24. The monoisotopic (exact) mass is 658 g/mol. The fraction of sp³-hybridized carbons (Fsp3) is 0.606. The third-order valence-corrected chi connectivity index (χ3v) is 8.64. The predicted octanol–water partition coefficient (Wildman–Crippen LogP) is 2.95. The minimum Gasteiger partial charge on any atom is -0.464 e. The molecular formula is C33H43FN4O9. The number of alkyl carbamates (subject to hydrolysis) is 1. The van der Waals surface area contributed by atoms with Gasteiger partial charge in [-0.3, -0.25) is 14.5 Å². The van der Waals surface area contributed by atoms with Crippen LogP contribution in [0.3, 0.4) is 0 Å². The Morgan fingerprint density at radius 3 is 2.68 bits per heavy atom. The highest BCUT2D eigenvalue weighted by Crippen LogP contribution is 2.46. The quantitative estimate of drug-likeness (QED) is 0.283. The van der Waals surface area contributed by atoms with Gasteiger partial charge in [-0.2, -0.15) is 0 Å². The molecule has 1 saturated heterocycles. The van der Waals surface area contributed by atoms with E-state index in [0.29, 0.717) is 30.6 Å². The van der Waals surface area contributed by atoms with Crippen molar-refractivity contribution in [2.24, 2.45) is 5.92 Å². The van der Waals surface area contributed by atoms with Gasteiger partial charge >= 0.3 is 18.2 Å². The van der Waals surface area contributed by atoms with Crippen molar-refractivity contribution in [2.45, 2.75) is 95.8 Å². The zero-order valence-electron chi connectivity index (χ0n) is 27.2. The standard InChI is InChI=1S/C33H43FN4O9/c1-5-45-29(41)33-16-21(33)10-6-7-13-44-14-12-25(35-30(42)47-32(2,3)4)28(40)38-18-22(15-26(38)27(39)36-33)46-31(43)37-17-20-9-8-11-24(34)23(20)19-37/h6,8-11,21-22,25-26H,5,7,12-19H2,1-4H3,(H,35,42)(H,36,39)/b10-6-/t21-,22-,25+,26+,33-/m1/s1. The maximum absolute atomic E-state index is 14.3. The van der Waals surface area contributed by atoms with Crippen LogP contribution in [0.4, 0.5) is 14.0 Å². The molecule has 1 aromatic rings. The van der Waals surface area contributed by atoms with E-state index >= 15 is 0 Å². The number of fused-ring (bicyclic) bond motifs is 3. The van der Waals surface area contributed by atoms with Crippen LogP contribution in [0, 0.1) is 11.7 Å². The van der Waals surface area contributed by atoms with Crippen LogP contribution in [0.2, 0.25) is 0 Å². The largest absolute Gasteiger partial charge is 0.464 e. The molecular weight excluding hydrogens is 615 g/mol. The van der Waals surface area contributed by atoms with Crippen molar-refractivity contribution in [1.82, 2.24) is 20.4 Å². The molecule has 3 aliphatic heterocycles. The summed E-state index contributed by atoms with van der Waals surface area (Å²) >= 11 is 0. The van der Waals surface area contributed by atoms with E-state index in [4.69, 9.17) is 18.9 Å². The Kier molecular flexibility index (Phi) is 10.1. The molecule has 14 heteroatoms. The molecule has 0 unspecified atom stereocenters. The van der Waals surface area contributed by atoms with E-state index in [1.54, 1.807) is 39.8 Å². The Balaban J connectivity index is 1.38. The van der Waals surface area contributed by atoms with E-state index in [1.807, 2.05) is 12.2 Å². The van der Waals surface area contributed by atoms with Gasteiger partial charge in [-0.05, 0) is 52.2 Å². The molecule has 2 fully saturated rings. The maximum atomic E-state index is 14.3. The topological polar surface area (TPSA) is 153 Å². The van der Waals surface area contributed by atoms with Gasteiger partial charge in [0.15, 0.2) is 0 Å². The van der Waals surface area contributed by atoms with Crippen molar-refractivity contribution in [2.75, 3.05) is 26.4 Å². The number of carbonyl (C=O) groups is 5. The summed E-state index contributed by atoms with van der Waals surface area (Å²) in [7, 11) is 0. The summed E-state index contributed by atoms with van der Waals surface area (Å²) < 4.78 is 36.6. The zero-order chi connectivity index (χ0) is 33.9. The van der Waals surface area contributed by atoms with Crippen molar-refractivity contribution < 1.29 is 47.3 Å². The average molecular weight is 659 g/mol.